The van der Waals surface area contributed by atoms with Gasteiger partial charge in [-0.2, -0.15) is 9.78 Å². The second-order valence-electron chi connectivity index (χ2n) is 7.37. The fourth-order valence-corrected chi connectivity index (χ4v) is 4.16. The molecule has 31 heavy (non-hydrogen) atoms. The van der Waals surface area contributed by atoms with Gasteiger partial charge in [0.05, 0.1) is 17.1 Å². The summed E-state index contributed by atoms with van der Waals surface area (Å²) in [6, 6.07) is 13.2. The fraction of sp³-hybridized carbons (Fsp3) is 0.217. The summed E-state index contributed by atoms with van der Waals surface area (Å²) in [6.07, 6.45) is 3.13. The summed E-state index contributed by atoms with van der Waals surface area (Å²) in [5.74, 6) is 0.190. The highest BCUT2D eigenvalue weighted by Gasteiger charge is 2.15. The Morgan fingerprint density at radius 1 is 1.23 bits per heavy atom. The summed E-state index contributed by atoms with van der Waals surface area (Å²) in [7, 11) is 0. The number of primary amides is 1. The number of nitrogens with zero attached hydrogens (tertiary/aromatic N) is 4. The van der Waals surface area contributed by atoms with Crippen LogP contribution in [0.1, 0.15) is 30.4 Å². The summed E-state index contributed by atoms with van der Waals surface area (Å²) < 4.78 is 4.05. The molecule has 7 nitrogen and oxygen atoms in total. The van der Waals surface area contributed by atoms with Crippen molar-refractivity contribution in [3.63, 3.8) is 0 Å². The van der Waals surface area contributed by atoms with Crippen molar-refractivity contribution in [1.82, 2.24) is 14.2 Å². The van der Waals surface area contributed by atoms with E-state index >= 15 is 0 Å². The second-order valence-corrected chi connectivity index (χ2v) is 8.29. The van der Waals surface area contributed by atoms with Crippen LogP contribution in [0.25, 0.3) is 21.8 Å². The number of carbonyl (C=O) groups excluding carboxylic acids is 1. The normalized spacial score (nSPS) is 11.7. The van der Waals surface area contributed by atoms with Crippen LogP contribution < -0.4 is 11.3 Å². The van der Waals surface area contributed by atoms with Crippen LogP contribution in [0.4, 0.5) is 0 Å². The molecule has 158 valence electrons. The molecule has 4 aromatic rings. The number of rotatable bonds is 6. The van der Waals surface area contributed by atoms with Crippen LogP contribution in [-0.4, -0.2) is 26.3 Å². The van der Waals surface area contributed by atoms with Gasteiger partial charge >= 0.3 is 0 Å². The average molecular weight is 480 g/mol. The zero-order chi connectivity index (χ0) is 22.1. The van der Waals surface area contributed by atoms with Crippen molar-refractivity contribution < 1.29 is 4.79 Å². The predicted molar refractivity (Wildman–Crippen MR) is 127 cm³/mol. The summed E-state index contributed by atoms with van der Waals surface area (Å²) >= 11 is 3.42. The molecule has 0 aliphatic rings. The third-order valence-electron chi connectivity index (χ3n) is 5.24. The number of para-hydroxylation sites is 1. The number of benzene rings is 2. The Balaban J connectivity index is 1.91. The Kier molecular flexibility index (Phi) is 5.73. The Morgan fingerprint density at radius 2 is 2.00 bits per heavy atom. The van der Waals surface area contributed by atoms with Crippen LogP contribution in [0.2, 0.25) is 0 Å². The van der Waals surface area contributed by atoms with Crippen LogP contribution in [0, 0.1) is 6.92 Å². The first-order chi connectivity index (χ1) is 14.9. The molecule has 1 amide bonds. The summed E-state index contributed by atoms with van der Waals surface area (Å²) in [6.45, 7) is 4.02. The molecule has 0 aliphatic heterocycles. The molecule has 0 radical (unpaired) electrons. The molecular weight excluding hydrogens is 458 g/mol. The molecule has 0 saturated carbocycles. The fourth-order valence-electron chi connectivity index (χ4n) is 3.80. The summed E-state index contributed by atoms with van der Waals surface area (Å²) in [4.78, 5) is 29.5. The van der Waals surface area contributed by atoms with E-state index in [4.69, 9.17) is 5.73 Å². The Morgan fingerprint density at radius 3 is 2.74 bits per heavy atom. The van der Waals surface area contributed by atoms with E-state index in [1.54, 1.807) is 12.3 Å². The lowest BCUT2D eigenvalue weighted by atomic mass is 10.1. The molecule has 0 fully saturated rings. The van der Waals surface area contributed by atoms with Crippen molar-refractivity contribution in [2.24, 2.45) is 10.8 Å². The topological polar surface area (TPSA) is 95.3 Å². The smallest absolute Gasteiger partial charge is 0.282 e. The number of aryl methyl sites for hydroxylation is 1. The highest BCUT2D eigenvalue weighted by molar-refractivity contribution is 9.10. The number of carbonyl (C=O) groups is 1. The van der Waals surface area contributed by atoms with Gasteiger partial charge in [0.2, 0.25) is 5.91 Å². The zero-order valence-corrected chi connectivity index (χ0v) is 18.9. The summed E-state index contributed by atoms with van der Waals surface area (Å²) in [5.41, 5.74) is 8.45. The van der Waals surface area contributed by atoms with E-state index in [1.165, 1.54) is 4.68 Å². The zero-order valence-electron chi connectivity index (χ0n) is 17.3. The van der Waals surface area contributed by atoms with E-state index in [0.717, 1.165) is 33.1 Å². The van der Waals surface area contributed by atoms with Crippen LogP contribution in [-0.2, 0) is 17.8 Å². The molecule has 8 heteroatoms. The van der Waals surface area contributed by atoms with Crippen molar-refractivity contribution >= 4 is 49.9 Å². The van der Waals surface area contributed by atoms with Crippen LogP contribution in [0.15, 0.2) is 56.8 Å². The standard InChI is InChI=1S/C23H22BrN5O2/c1-3-6-22-27-19-10-9-15(24)11-17(19)23(31)29(22)26-12-18-14(2)28(13-21(25)30)20-8-5-4-7-16(18)20/h4-5,7-12H,3,6,13H2,1-2H3,(H2,25,30). The lowest BCUT2D eigenvalue weighted by Gasteiger charge is -2.09. The predicted octanol–water partition coefficient (Wildman–Crippen LogP) is 3.74. The Labute approximate surface area is 187 Å². The Bertz CT molecular complexity index is 1400. The van der Waals surface area contributed by atoms with Gasteiger partial charge in [-0.1, -0.05) is 41.1 Å². The maximum Gasteiger partial charge on any atom is 0.282 e. The molecular formula is C23H22BrN5O2. The van der Waals surface area contributed by atoms with E-state index in [-0.39, 0.29) is 12.1 Å². The van der Waals surface area contributed by atoms with Crippen molar-refractivity contribution in [2.45, 2.75) is 33.2 Å². The lowest BCUT2D eigenvalue weighted by molar-refractivity contribution is -0.118. The molecule has 2 N–H and O–H groups in total. The maximum atomic E-state index is 13.2. The molecule has 2 aromatic heterocycles. The minimum absolute atomic E-state index is 0.0762. The third-order valence-corrected chi connectivity index (χ3v) is 5.74. The van der Waals surface area contributed by atoms with Gasteiger partial charge in [-0.05, 0) is 37.6 Å². The quantitative estimate of drug-likeness (QED) is 0.426. The Hall–Kier alpha value is -3.26. The van der Waals surface area contributed by atoms with Crippen molar-refractivity contribution in [3.05, 3.63) is 74.4 Å². The van der Waals surface area contributed by atoms with Crippen LogP contribution in [0.3, 0.4) is 0 Å². The van der Waals surface area contributed by atoms with Gasteiger partial charge < -0.3 is 10.3 Å². The van der Waals surface area contributed by atoms with Gasteiger partial charge in [-0.3, -0.25) is 9.59 Å². The van der Waals surface area contributed by atoms with Gasteiger partial charge in [0, 0.05) is 33.1 Å². The first kappa shape index (κ1) is 21.0. The molecule has 4 rings (SSSR count). The van der Waals surface area contributed by atoms with Crippen molar-refractivity contribution in [3.8, 4) is 0 Å². The molecule has 0 bridgehead atoms. The maximum absolute atomic E-state index is 13.2. The van der Waals surface area contributed by atoms with Crippen LogP contribution in [0.5, 0.6) is 0 Å². The lowest BCUT2D eigenvalue weighted by Crippen LogP contribution is -2.22. The number of hydrogen-bond donors (Lipinski definition) is 1. The monoisotopic (exact) mass is 479 g/mol. The minimum Gasteiger partial charge on any atom is -0.368 e. The van der Waals surface area contributed by atoms with E-state index in [1.807, 2.05) is 54.8 Å². The number of hydrogen-bond acceptors (Lipinski definition) is 4. The molecule has 2 aromatic carbocycles. The first-order valence-corrected chi connectivity index (χ1v) is 10.8. The van der Waals surface area contributed by atoms with Gasteiger partial charge in [0.1, 0.15) is 12.4 Å². The van der Waals surface area contributed by atoms with Crippen molar-refractivity contribution in [1.29, 1.82) is 0 Å². The average Bonchev–Trinajstić information content (AvgIpc) is 3.00. The van der Waals surface area contributed by atoms with Gasteiger partial charge in [0.15, 0.2) is 0 Å². The van der Waals surface area contributed by atoms with Crippen molar-refractivity contribution in [2.75, 3.05) is 0 Å². The summed E-state index contributed by atoms with van der Waals surface area (Å²) in [5, 5.41) is 5.99. The largest absolute Gasteiger partial charge is 0.368 e. The van der Waals surface area contributed by atoms with E-state index in [2.05, 4.69) is 26.0 Å². The van der Waals surface area contributed by atoms with Gasteiger partial charge in [-0.15, -0.1) is 0 Å². The first-order valence-electron chi connectivity index (χ1n) is 10.0. The highest BCUT2D eigenvalue weighted by atomic mass is 79.9. The molecule has 0 spiro atoms. The number of halogens is 1. The second kappa shape index (κ2) is 8.47. The number of aromatic nitrogens is 3. The molecule has 0 unspecified atom stereocenters. The van der Waals surface area contributed by atoms with E-state index in [0.29, 0.717) is 23.1 Å². The third kappa shape index (κ3) is 3.90. The van der Waals surface area contributed by atoms with Gasteiger partial charge in [-0.25, -0.2) is 4.98 Å². The van der Waals surface area contributed by atoms with E-state index < -0.39 is 5.91 Å². The highest BCUT2D eigenvalue weighted by Crippen LogP contribution is 2.24. The molecule has 0 saturated heterocycles. The van der Waals surface area contributed by atoms with Crippen LogP contribution >= 0.6 is 15.9 Å². The molecule has 0 aliphatic carbocycles. The number of nitrogens with two attached hydrogens (primary N) is 1. The molecule has 2 heterocycles. The number of fused-ring (bicyclic) bond motifs is 2. The molecule has 0 atom stereocenters. The minimum atomic E-state index is -0.418. The number of amides is 1. The van der Waals surface area contributed by atoms with Gasteiger partial charge in [0.25, 0.3) is 5.56 Å². The SMILES string of the molecule is CCCc1nc2ccc(Br)cc2c(=O)n1N=Cc1c(C)n(CC(N)=O)c2ccccc12. The van der Waals surface area contributed by atoms with E-state index in [9.17, 15) is 9.59 Å².